The molecule has 0 aliphatic carbocycles. The first-order chi connectivity index (χ1) is 8.58. The van der Waals surface area contributed by atoms with Crippen molar-refractivity contribution in [1.82, 2.24) is 0 Å². The molecule has 0 saturated carbocycles. The highest BCUT2D eigenvalue weighted by Gasteiger charge is 2.22. The van der Waals surface area contributed by atoms with Crippen LogP contribution < -0.4 is 5.43 Å². The van der Waals surface area contributed by atoms with Crippen LogP contribution in [0.2, 0.25) is 0 Å². The Morgan fingerprint density at radius 1 is 1.22 bits per heavy atom. The molecule has 0 atom stereocenters. The molecule has 0 aromatic heterocycles. The maximum absolute atomic E-state index is 12.9. The van der Waals surface area contributed by atoms with Gasteiger partial charge in [-0.05, 0) is 18.2 Å². The Bertz CT molecular complexity index is 470. The monoisotopic (exact) mass is 254 g/mol. The first-order valence-electron chi connectivity index (χ1n) is 4.84. The highest BCUT2D eigenvalue weighted by atomic mass is 19.1. The highest BCUT2D eigenvalue weighted by Crippen LogP contribution is 2.08. The van der Waals surface area contributed by atoms with Crippen LogP contribution in [0.25, 0.3) is 0 Å². The van der Waals surface area contributed by atoms with E-state index in [-0.39, 0.29) is 5.69 Å². The van der Waals surface area contributed by atoms with E-state index >= 15 is 0 Å². The van der Waals surface area contributed by atoms with Gasteiger partial charge >= 0.3 is 11.9 Å². The molecule has 0 amide bonds. The van der Waals surface area contributed by atoms with Gasteiger partial charge in [0, 0.05) is 0 Å². The lowest BCUT2D eigenvalue weighted by Gasteiger charge is -2.04. The van der Waals surface area contributed by atoms with Crippen molar-refractivity contribution in [1.29, 1.82) is 0 Å². The number of hydrogen-bond acceptors (Lipinski definition) is 6. The fourth-order valence-corrected chi connectivity index (χ4v) is 1.05. The largest absolute Gasteiger partial charge is 0.464 e. The summed E-state index contributed by atoms with van der Waals surface area (Å²) in [7, 11) is 2.20. The van der Waals surface area contributed by atoms with Crippen LogP contribution in [-0.2, 0) is 19.1 Å². The summed E-state index contributed by atoms with van der Waals surface area (Å²) in [6.45, 7) is 0. The zero-order valence-electron chi connectivity index (χ0n) is 9.77. The highest BCUT2D eigenvalue weighted by molar-refractivity contribution is 6.62. The van der Waals surface area contributed by atoms with Gasteiger partial charge in [0.2, 0.25) is 0 Å². The second kappa shape index (κ2) is 6.33. The zero-order valence-corrected chi connectivity index (χ0v) is 9.77. The van der Waals surface area contributed by atoms with E-state index in [1.54, 1.807) is 0 Å². The third-order valence-electron chi connectivity index (χ3n) is 1.88. The molecule has 1 aromatic carbocycles. The molecule has 0 aliphatic heterocycles. The van der Waals surface area contributed by atoms with E-state index in [2.05, 4.69) is 20.0 Å². The number of methoxy groups -OCH3 is 2. The third kappa shape index (κ3) is 3.55. The number of nitrogens with zero attached hydrogens (tertiary/aromatic N) is 1. The van der Waals surface area contributed by atoms with Crippen molar-refractivity contribution in [2.24, 2.45) is 5.10 Å². The van der Waals surface area contributed by atoms with Crippen molar-refractivity contribution in [3.05, 3.63) is 30.1 Å². The van der Waals surface area contributed by atoms with E-state index in [4.69, 9.17) is 0 Å². The molecule has 6 nitrogen and oxygen atoms in total. The van der Waals surface area contributed by atoms with Gasteiger partial charge in [-0.25, -0.2) is 14.0 Å². The van der Waals surface area contributed by atoms with Crippen LogP contribution in [0, 0.1) is 5.82 Å². The van der Waals surface area contributed by atoms with Gasteiger partial charge in [-0.1, -0.05) is 6.07 Å². The predicted molar refractivity (Wildman–Crippen MR) is 61.5 cm³/mol. The quantitative estimate of drug-likeness (QED) is 0.374. The maximum Gasteiger partial charge on any atom is 0.366 e. The molecule has 96 valence electrons. The Morgan fingerprint density at radius 2 is 1.83 bits per heavy atom. The number of ether oxygens (including phenoxy) is 2. The van der Waals surface area contributed by atoms with Crippen LogP contribution in [0.4, 0.5) is 10.1 Å². The molecule has 0 aliphatic rings. The second-order valence-electron chi connectivity index (χ2n) is 3.07. The van der Waals surface area contributed by atoms with E-state index in [1.807, 2.05) is 0 Å². The smallest absolute Gasteiger partial charge is 0.366 e. The minimum Gasteiger partial charge on any atom is -0.464 e. The van der Waals surface area contributed by atoms with Crippen LogP contribution >= 0.6 is 0 Å². The Balaban J connectivity index is 2.90. The van der Waals surface area contributed by atoms with Crippen LogP contribution in [0.1, 0.15) is 0 Å². The molecule has 0 saturated heterocycles. The summed E-state index contributed by atoms with van der Waals surface area (Å²) < 4.78 is 21.6. The van der Waals surface area contributed by atoms with Crippen molar-refractivity contribution < 1.29 is 23.5 Å². The van der Waals surface area contributed by atoms with Crippen molar-refractivity contribution in [3.63, 3.8) is 0 Å². The zero-order chi connectivity index (χ0) is 13.5. The SMILES string of the molecule is COC(=O)C(=NNc1cccc(F)c1)C(=O)OC. The van der Waals surface area contributed by atoms with Crippen LogP contribution in [0.15, 0.2) is 29.4 Å². The molecular weight excluding hydrogens is 243 g/mol. The lowest BCUT2D eigenvalue weighted by atomic mass is 10.3. The fourth-order valence-electron chi connectivity index (χ4n) is 1.05. The summed E-state index contributed by atoms with van der Waals surface area (Å²) in [5.41, 5.74) is 2.07. The van der Waals surface area contributed by atoms with E-state index in [9.17, 15) is 14.0 Å². The summed E-state index contributed by atoms with van der Waals surface area (Å²) in [5, 5.41) is 3.53. The fraction of sp³-hybridized carbons (Fsp3) is 0.182. The summed E-state index contributed by atoms with van der Waals surface area (Å²) in [6.07, 6.45) is 0. The first-order valence-corrected chi connectivity index (χ1v) is 4.84. The van der Waals surface area contributed by atoms with Gasteiger partial charge in [0.1, 0.15) is 5.82 Å². The Kier molecular flexibility index (Phi) is 4.79. The number of benzene rings is 1. The maximum atomic E-state index is 12.9. The van der Waals surface area contributed by atoms with E-state index in [0.717, 1.165) is 20.3 Å². The van der Waals surface area contributed by atoms with E-state index in [0.29, 0.717) is 0 Å². The number of hydrogen-bond donors (Lipinski definition) is 1. The molecule has 1 aromatic rings. The normalized spacial score (nSPS) is 9.28. The molecule has 18 heavy (non-hydrogen) atoms. The average Bonchev–Trinajstić information content (AvgIpc) is 2.38. The number of anilines is 1. The van der Waals surface area contributed by atoms with Gasteiger partial charge in [-0.2, -0.15) is 5.10 Å². The number of esters is 2. The van der Waals surface area contributed by atoms with Gasteiger partial charge in [0.05, 0.1) is 19.9 Å². The van der Waals surface area contributed by atoms with Crippen molar-refractivity contribution >= 4 is 23.3 Å². The number of halogens is 1. The Labute approximate surface area is 102 Å². The van der Waals surface area contributed by atoms with Gasteiger partial charge in [0.25, 0.3) is 5.71 Å². The Morgan fingerprint density at radius 3 is 2.33 bits per heavy atom. The molecule has 0 spiro atoms. The summed E-state index contributed by atoms with van der Waals surface area (Å²) in [6, 6.07) is 5.36. The van der Waals surface area contributed by atoms with Crippen molar-refractivity contribution in [2.75, 3.05) is 19.6 Å². The number of carbonyl (C=O) groups is 2. The summed E-state index contributed by atoms with van der Waals surface area (Å²) >= 11 is 0. The van der Waals surface area contributed by atoms with E-state index in [1.165, 1.54) is 18.2 Å². The molecule has 0 heterocycles. The minimum atomic E-state index is -0.953. The minimum absolute atomic E-state index is 0.278. The van der Waals surface area contributed by atoms with Crippen molar-refractivity contribution in [3.8, 4) is 0 Å². The second-order valence-corrected chi connectivity index (χ2v) is 3.07. The number of rotatable bonds is 4. The molecule has 0 radical (unpaired) electrons. The number of nitrogens with one attached hydrogen (secondary N) is 1. The molecule has 7 heteroatoms. The molecule has 0 unspecified atom stereocenters. The van der Waals surface area contributed by atoms with E-state index < -0.39 is 23.5 Å². The topological polar surface area (TPSA) is 77.0 Å². The third-order valence-corrected chi connectivity index (χ3v) is 1.88. The summed E-state index contributed by atoms with van der Waals surface area (Å²) in [5.74, 6) is -2.38. The van der Waals surface area contributed by atoms with Gasteiger partial charge in [-0.3, -0.25) is 5.43 Å². The lowest BCUT2D eigenvalue weighted by Crippen LogP contribution is -2.27. The van der Waals surface area contributed by atoms with Gasteiger partial charge in [-0.15, -0.1) is 0 Å². The molecule has 0 fully saturated rings. The molecule has 1 N–H and O–H groups in total. The predicted octanol–water partition coefficient (Wildman–Crippen LogP) is 0.940. The van der Waals surface area contributed by atoms with Crippen LogP contribution in [-0.4, -0.2) is 31.9 Å². The molecule has 1 rings (SSSR count). The first kappa shape index (κ1) is 13.6. The Hall–Kier alpha value is -2.44. The number of carbonyl (C=O) groups excluding carboxylic acids is 2. The van der Waals surface area contributed by atoms with Gasteiger partial charge < -0.3 is 9.47 Å². The molecule has 0 bridgehead atoms. The average molecular weight is 254 g/mol. The van der Waals surface area contributed by atoms with Crippen LogP contribution in [0.5, 0.6) is 0 Å². The van der Waals surface area contributed by atoms with Crippen LogP contribution in [0.3, 0.4) is 0 Å². The van der Waals surface area contributed by atoms with Crippen molar-refractivity contribution in [2.45, 2.75) is 0 Å². The molecular formula is C11H11FN2O4. The summed E-state index contributed by atoms with van der Waals surface area (Å²) in [4.78, 5) is 22.5. The van der Waals surface area contributed by atoms with Gasteiger partial charge in [0.15, 0.2) is 0 Å². The number of hydrazone groups is 1. The lowest BCUT2D eigenvalue weighted by molar-refractivity contribution is -0.138. The standard InChI is InChI=1S/C11H11FN2O4/c1-17-10(15)9(11(16)18-2)14-13-8-5-3-4-7(12)6-8/h3-6,13H,1-2H3.